The van der Waals surface area contributed by atoms with E-state index in [9.17, 15) is 14.3 Å². The van der Waals surface area contributed by atoms with E-state index in [0.29, 0.717) is 24.3 Å². The van der Waals surface area contributed by atoms with Crippen LogP contribution in [0, 0.1) is 5.82 Å². The molecule has 1 unspecified atom stereocenters. The molecule has 2 aliphatic heterocycles. The lowest BCUT2D eigenvalue weighted by molar-refractivity contribution is -0.149. The normalized spacial score (nSPS) is 25.8. The van der Waals surface area contributed by atoms with Gasteiger partial charge in [-0.3, -0.25) is 4.79 Å². The Morgan fingerprint density at radius 2 is 2.35 bits per heavy atom. The molecule has 0 aromatic heterocycles. The van der Waals surface area contributed by atoms with E-state index in [1.807, 2.05) is 0 Å². The van der Waals surface area contributed by atoms with Gasteiger partial charge in [0.25, 0.3) is 5.91 Å². The van der Waals surface area contributed by atoms with Gasteiger partial charge < -0.3 is 14.7 Å². The molecule has 6 heteroatoms. The Morgan fingerprint density at radius 3 is 3.10 bits per heavy atom. The van der Waals surface area contributed by atoms with Gasteiger partial charge in [0, 0.05) is 17.9 Å². The van der Waals surface area contributed by atoms with Gasteiger partial charge in [-0.1, -0.05) is 12.1 Å². The first-order valence-electron chi connectivity index (χ1n) is 6.60. The van der Waals surface area contributed by atoms with Gasteiger partial charge in [-0.15, -0.1) is 0 Å². The highest BCUT2D eigenvalue weighted by Gasteiger charge is 2.42. The molecule has 20 heavy (non-hydrogen) atoms. The van der Waals surface area contributed by atoms with Crippen molar-refractivity contribution >= 4 is 17.7 Å². The van der Waals surface area contributed by atoms with Crippen LogP contribution in [-0.4, -0.2) is 46.2 Å². The second-order valence-corrected chi connectivity index (χ2v) is 6.24. The largest absolute Gasteiger partial charge is 0.488 e. The summed E-state index contributed by atoms with van der Waals surface area (Å²) in [7, 11) is 0. The molecule has 1 N–H and O–H groups in total. The minimum atomic E-state index is -1.28. The maximum Gasteiger partial charge on any atom is 0.255 e. The Bertz CT molecular complexity index is 531. The molecule has 0 bridgehead atoms. The molecule has 1 aromatic rings. The molecule has 1 saturated heterocycles. The summed E-state index contributed by atoms with van der Waals surface area (Å²) < 4.78 is 19.1. The summed E-state index contributed by atoms with van der Waals surface area (Å²) in [5.74, 6) is 0.752. The van der Waals surface area contributed by atoms with Crippen molar-refractivity contribution in [2.45, 2.75) is 18.6 Å². The van der Waals surface area contributed by atoms with Crippen LogP contribution in [0.4, 0.5) is 4.39 Å². The molecular weight excluding hydrogens is 281 g/mol. The molecule has 2 heterocycles. The number of halogens is 1. The fraction of sp³-hybridized carbons (Fsp3) is 0.500. The van der Waals surface area contributed by atoms with Crippen LogP contribution < -0.4 is 4.74 Å². The molecule has 1 amide bonds. The van der Waals surface area contributed by atoms with Gasteiger partial charge in [0.2, 0.25) is 0 Å². The molecule has 0 aliphatic carbocycles. The molecule has 0 saturated carbocycles. The number of hydrogen-bond acceptors (Lipinski definition) is 4. The Balaban J connectivity index is 1.84. The Hall–Kier alpha value is -1.27. The topological polar surface area (TPSA) is 49.8 Å². The van der Waals surface area contributed by atoms with E-state index < -0.39 is 11.4 Å². The second-order valence-electron chi connectivity index (χ2n) is 5.14. The SMILES string of the molecule is O=C(N1CCOc2c(F)cccc2C1)C1(O)CCSC1. The first-order valence-corrected chi connectivity index (χ1v) is 7.75. The fourth-order valence-corrected chi connectivity index (χ4v) is 3.80. The predicted molar refractivity (Wildman–Crippen MR) is 74.2 cm³/mol. The second kappa shape index (κ2) is 5.26. The first-order chi connectivity index (χ1) is 9.60. The number of ether oxygens (including phenoxy) is 1. The molecular formula is C14H16FNO3S. The van der Waals surface area contributed by atoms with Crippen molar-refractivity contribution in [2.24, 2.45) is 0 Å². The third-order valence-corrected chi connectivity index (χ3v) is 4.88. The van der Waals surface area contributed by atoms with E-state index in [1.54, 1.807) is 28.8 Å². The number of rotatable bonds is 1. The number of benzene rings is 1. The molecule has 4 nitrogen and oxygen atoms in total. The predicted octanol–water partition coefficient (Wildman–Crippen LogP) is 1.41. The van der Waals surface area contributed by atoms with Crippen molar-refractivity contribution in [3.8, 4) is 5.75 Å². The Morgan fingerprint density at radius 1 is 1.50 bits per heavy atom. The van der Waals surface area contributed by atoms with Crippen LogP contribution in [0.1, 0.15) is 12.0 Å². The lowest BCUT2D eigenvalue weighted by Gasteiger charge is -2.28. The number of nitrogens with zero attached hydrogens (tertiary/aromatic N) is 1. The van der Waals surface area contributed by atoms with Gasteiger partial charge in [0.1, 0.15) is 6.61 Å². The molecule has 0 spiro atoms. The molecule has 3 rings (SSSR count). The summed E-state index contributed by atoms with van der Waals surface area (Å²) in [5.41, 5.74) is -0.632. The molecule has 1 atom stereocenters. The van der Waals surface area contributed by atoms with Gasteiger partial charge in [-0.25, -0.2) is 4.39 Å². The number of amides is 1. The van der Waals surface area contributed by atoms with E-state index in [4.69, 9.17) is 4.74 Å². The summed E-state index contributed by atoms with van der Waals surface area (Å²) >= 11 is 1.58. The van der Waals surface area contributed by atoms with Crippen LogP contribution in [0.15, 0.2) is 18.2 Å². The summed E-state index contributed by atoms with van der Waals surface area (Å²) in [6, 6.07) is 4.69. The number of carbonyl (C=O) groups is 1. The van der Waals surface area contributed by atoms with Gasteiger partial charge >= 0.3 is 0 Å². The third-order valence-electron chi connectivity index (χ3n) is 3.70. The monoisotopic (exact) mass is 297 g/mol. The number of para-hydroxylation sites is 1. The zero-order valence-electron chi connectivity index (χ0n) is 11.0. The van der Waals surface area contributed by atoms with Crippen LogP contribution in [0.25, 0.3) is 0 Å². The van der Waals surface area contributed by atoms with Crippen molar-refractivity contribution in [1.82, 2.24) is 4.90 Å². The van der Waals surface area contributed by atoms with Gasteiger partial charge in [-0.05, 0) is 18.2 Å². The number of fused-ring (bicyclic) bond motifs is 1. The summed E-state index contributed by atoms with van der Waals surface area (Å²) in [6.07, 6.45) is 0.476. The van der Waals surface area contributed by atoms with Crippen LogP contribution in [0.5, 0.6) is 5.75 Å². The lowest BCUT2D eigenvalue weighted by Crippen LogP contribution is -2.49. The molecule has 1 fully saturated rings. The van der Waals surface area contributed by atoms with Crippen molar-refractivity contribution in [2.75, 3.05) is 24.7 Å². The van der Waals surface area contributed by atoms with E-state index in [1.165, 1.54) is 6.07 Å². The highest BCUT2D eigenvalue weighted by atomic mass is 32.2. The number of aliphatic hydroxyl groups is 1. The van der Waals surface area contributed by atoms with Gasteiger partial charge in [-0.2, -0.15) is 11.8 Å². The highest BCUT2D eigenvalue weighted by Crippen LogP contribution is 2.32. The van der Waals surface area contributed by atoms with E-state index >= 15 is 0 Å². The summed E-state index contributed by atoms with van der Waals surface area (Å²) in [5, 5.41) is 10.4. The quantitative estimate of drug-likeness (QED) is 0.851. The smallest absolute Gasteiger partial charge is 0.255 e. The maximum atomic E-state index is 13.7. The van der Waals surface area contributed by atoms with Gasteiger partial charge in [0.15, 0.2) is 17.2 Å². The molecule has 108 valence electrons. The summed E-state index contributed by atoms with van der Waals surface area (Å²) in [6.45, 7) is 0.877. The third kappa shape index (κ3) is 2.38. The highest BCUT2D eigenvalue weighted by molar-refractivity contribution is 7.99. The molecule has 0 radical (unpaired) electrons. The van der Waals surface area contributed by atoms with Crippen LogP contribution in [0.2, 0.25) is 0 Å². The van der Waals surface area contributed by atoms with Crippen LogP contribution in [-0.2, 0) is 11.3 Å². The number of hydrogen-bond donors (Lipinski definition) is 1. The zero-order chi connectivity index (χ0) is 14.2. The van der Waals surface area contributed by atoms with Crippen molar-refractivity contribution in [3.05, 3.63) is 29.6 Å². The Labute approximate surface area is 120 Å². The standard InChI is InChI=1S/C14H16FNO3S/c15-11-3-1-2-10-8-16(5-6-19-12(10)11)13(17)14(18)4-7-20-9-14/h1-3,18H,4-9H2. The minimum Gasteiger partial charge on any atom is -0.488 e. The lowest BCUT2D eigenvalue weighted by atomic mass is 10.0. The van der Waals surface area contributed by atoms with Gasteiger partial charge in [0.05, 0.1) is 6.54 Å². The van der Waals surface area contributed by atoms with Crippen molar-refractivity contribution < 1.29 is 19.0 Å². The average molecular weight is 297 g/mol. The first kappa shape index (κ1) is 13.7. The molecule has 2 aliphatic rings. The van der Waals surface area contributed by atoms with Crippen molar-refractivity contribution in [3.63, 3.8) is 0 Å². The minimum absolute atomic E-state index is 0.218. The van der Waals surface area contributed by atoms with Crippen LogP contribution >= 0.6 is 11.8 Å². The summed E-state index contributed by atoms with van der Waals surface area (Å²) in [4.78, 5) is 14.0. The number of thioether (sulfide) groups is 1. The zero-order valence-corrected chi connectivity index (χ0v) is 11.8. The van der Waals surface area contributed by atoms with E-state index in [2.05, 4.69) is 0 Å². The molecule has 1 aromatic carbocycles. The van der Waals surface area contributed by atoms with E-state index in [0.717, 1.165) is 5.75 Å². The van der Waals surface area contributed by atoms with Crippen LogP contribution in [0.3, 0.4) is 0 Å². The van der Waals surface area contributed by atoms with Crippen molar-refractivity contribution in [1.29, 1.82) is 0 Å². The average Bonchev–Trinajstić information content (AvgIpc) is 2.75. The van der Waals surface area contributed by atoms with E-state index in [-0.39, 0.29) is 24.8 Å². The fourth-order valence-electron chi connectivity index (χ4n) is 2.57. The maximum absolute atomic E-state index is 13.7. The Kier molecular flexibility index (Phi) is 3.60. The number of carbonyl (C=O) groups excluding carboxylic acids is 1.